The summed E-state index contributed by atoms with van der Waals surface area (Å²) in [4.78, 5) is 0. The van der Waals surface area contributed by atoms with Crippen LogP contribution in [0.25, 0.3) is 0 Å². The first-order valence-corrected chi connectivity index (χ1v) is 15.0. The zero-order valence-corrected chi connectivity index (χ0v) is 23.1. The lowest BCUT2D eigenvalue weighted by Crippen LogP contribution is -2.70. The van der Waals surface area contributed by atoms with Crippen LogP contribution in [0.3, 0.4) is 0 Å². The third kappa shape index (κ3) is 4.12. The van der Waals surface area contributed by atoms with Crippen molar-refractivity contribution in [2.75, 3.05) is 0 Å². The fourth-order valence-corrected chi connectivity index (χ4v) is 10.3. The van der Waals surface area contributed by atoms with Gasteiger partial charge in [0.1, 0.15) is 5.60 Å². The number of hydrogen-bond donors (Lipinski definition) is 2. The van der Waals surface area contributed by atoms with Crippen molar-refractivity contribution in [1.29, 1.82) is 0 Å². The van der Waals surface area contributed by atoms with Crippen molar-refractivity contribution in [2.24, 2.45) is 46.3 Å². The van der Waals surface area contributed by atoms with E-state index in [0.717, 1.165) is 42.9 Å². The lowest BCUT2D eigenvalue weighted by molar-refractivity contribution is -0.747. The number of aromatic nitrogens is 1. The van der Waals surface area contributed by atoms with Crippen molar-refractivity contribution in [2.45, 2.75) is 123 Å². The average molecular weight is 483 g/mol. The van der Waals surface area contributed by atoms with Crippen molar-refractivity contribution in [3.63, 3.8) is 0 Å². The van der Waals surface area contributed by atoms with E-state index >= 15 is 0 Å². The highest BCUT2D eigenvalue weighted by atomic mass is 16.3. The molecule has 4 aliphatic carbocycles. The van der Waals surface area contributed by atoms with Crippen LogP contribution in [0, 0.1) is 46.3 Å². The van der Waals surface area contributed by atoms with Crippen LogP contribution in [0.5, 0.6) is 0 Å². The van der Waals surface area contributed by atoms with Gasteiger partial charge in [0.15, 0.2) is 18.4 Å². The monoisotopic (exact) mass is 482 g/mol. The highest BCUT2D eigenvalue weighted by Gasteiger charge is 2.70. The molecule has 0 aromatic carbocycles. The minimum atomic E-state index is -0.840. The molecule has 4 saturated carbocycles. The molecule has 10 atom stereocenters. The molecular formula is C32H52NO2+. The fourth-order valence-electron chi connectivity index (χ4n) is 10.3. The van der Waals surface area contributed by atoms with E-state index in [4.69, 9.17) is 0 Å². The molecule has 10 unspecified atom stereocenters. The Kier molecular flexibility index (Phi) is 6.92. The first-order chi connectivity index (χ1) is 16.6. The van der Waals surface area contributed by atoms with Crippen LogP contribution in [-0.4, -0.2) is 21.9 Å². The van der Waals surface area contributed by atoms with Gasteiger partial charge in [-0.05, 0) is 79.4 Å². The standard InChI is InChI=1S/C32H52NO2/c1-22(2)10-9-11-23(3)26-12-13-27-25-20-29(33-18-7-6-8-19-33)32(35)21-24(34)14-17-31(32,5)28(25)15-16-30(26,27)4/h6-8,18-19,22-29,34-35H,9-17,20-21H2,1-5H3/q+1. The molecule has 35 heavy (non-hydrogen) atoms. The Morgan fingerprint density at radius 1 is 0.914 bits per heavy atom. The molecule has 3 heteroatoms. The highest BCUT2D eigenvalue weighted by molar-refractivity contribution is 5.16. The number of hydrogen-bond acceptors (Lipinski definition) is 2. The second-order valence-corrected chi connectivity index (χ2v) is 14.2. The zero-order valence-electron chi connectivity index (χ0n) is 23.1. The summed E-state index contributed by atoms with van der Waals surface area (Å²) >= 11 is 0. The van der Waals surface area contributed by atoms with Gasteiger partial charge in [-0.15, -0.1) is 0 Å². The van der Waals surface area contributed by atoms with Crippen LogP contribution >= 0.6 is 0 Å². The molecule has 0 amide bonds. The largest absolute Gasteiger partial charge is 0.393 e. The van der Waals surface area contributed by atoms with E-state index in [2.05, 4.69) is 69.8 Å². The summed E-state index contributed by atoms with van der Waals surface area (Å²) in [5, 5.41) is 23.2. The molecule has 0 aliphatic heterocycles. The van der Waals surface area contributed by atoms with Crippen molar-refractivity contribution < 1.29 is 14.8 Å². The predicted molar refractivity (Wildman–Crippen MR) is 142 cm³/mol. The zero-order chi connectivity index (χ0) is 25.0. The second kappa shape index (κ2) is 9.43. The summed E-state index contributed by atoms with van der Waals surface area (Å²) in [6.07, 6.45) is 16.8. The summed E-state index contributed by atoms with van der Waals surface area (Å²) in [5.74, 6) is 4.52. The van der Waals surface area contributed by atoms with E-state index in [0.29, 0.717) is 23.7 Å². The molecule has 4 fully saturated rings. The molecular weight excluding hydrogens is 430 g/mol. The van der Waals surface area contributed by atoms with Crippen molar-refractivity contribution in [3.05, 3.63) is 30.6 Å². The van der Waals surface area contributed by atoms with Crippen LogP contribution in [0.15, 0.2) is 30.6 Å². The van der Waals surface area contributed by atoms with E-state index < -0.39 is 5.60 Å². The van der Waals surface area contributed by atoms with Crippen molar-refractivity contribution in [3.8, 4) is 0 Å². The maximum atomic E-state index is 12.5. The van der Waals surface area contributed by atoms with Crippen LogP contribution in [0.2, 0.25) is 0 Å². The molecule has 1 aromatic rings. The first kappa shape index (κ1) is 25.7. The number of nitrogens with zero attached hydrogens (tertiary/aromatic N) is 1. The summed E-state index contributed by atoms with van der Waals surface area (Å²) in [7, 11) is 0. The van der Waals surface area contributed by atoms with Crippen molar-refractivity contribution >= 4 is 0 Å². The summed E-state index contributed by atoms with van der Waals surface area (Å²) in [5.41, 5.74) is -0.511. The minimum absolute atomic E-state index is 0.0507. The maximum absolute atomic E-state index is 12.5. The Morgan fingerprint density at radius 2 is 1.66 bits per heavy atom. The Labute approximate surface area is 214 Å². The molecule has 5 rings (SSSR count). The molecule has 196 valence electrons. The lowest BCUT2D eigenvalue weighted by atomic mass is 9.42. The van der Waals surface area contributed by atoms with Crippen LogP contribution in [0.4, 0.5) is 0 Å². The quantitative estimate of drug-likeness (QED) is 0.442. The van der Waals surface area contributed by atoms with E-state index in [1.807, 2.05) is 0 Å². The Hall–Kier alpha value is -0.930. The van der Waals surface area contributed by atoms with Crippen LogP contribution < -0.4 is 4.57 Å². The molecule has 3 nitrogen and oxygen atoms in total. The molecule has 0 spiro atoms. The first-order valence-electron chi connectivity index (χ1n) is 15.0. The van der Waals surface area contributed by atoms with E-state index in [9.17, 15) is 10.2 Å². The smallest absolute Gasteiger partial charge is 0.187 e. The molecule has 2 N–H and O–H groups in total. The number of rotatable bonds is 6. The Balaban J connectivity index is 1.45. The Bertz CT molecular complexity index is 872. The lowest BCUT2D eigenvalue weighted by Gasteiger charge is -2.64. The van der Waals surface area contributed by atoms with Gasteiger partial charge in [0.05, 0.1) is 6.10 Å². The average Bonchev–Trinajstić information content (AvgIpc) is 3.17. The van der Waals surface area contributed by atoms with Crippen LogP contribution in [-0.2, 0) is 0 Å². The van der Waals surface area contributed by atoms with E-state index in [-0.39, 0.29) is 17.6 Å². The molecule has 0 bridgehead atoms. The number of aliphatic hydroxyl groups excluding tert-OH is 1. The topological polar surface area (TPSA) is 44.3 Å². The molecule has 0 radical (unpaired) electrons. The normalized spacial score (nSPS) is 46.1. The fraction of sp³-hybridized carbons (Fsp3) is 0.844. The minimum Gasteiger partial charge on any atom is -0.393 e. The molecule has 4 aliphatic rings. The predicted octanol–water partition coefficient (Wildman–Crippen LogP) is 6.72. The SMILES string of the molecule is CC(C)CCCC(C)C1CCC2C3CC([n+]4ccccc4)C4(O)CC(O)CCC4(C)C3CCC12C. The third-order valence-electron chi connectivity index (χ3n) is 12.1. The number of aliphatic hydroxyl groups is 2. The Morgan fingerprint density at radius 3 is 2.37 bits per heavy atom. The molecule has 0 saturated heterocycles. The van der Waals surface area contributed by atoms with Crippen LogP contribution in [0.1, 0.15) is 111 Å². The summed E-state index contributed by atoms with van der Waals surface area (Å²) in [6.45, 7) is 12.3. The summed E-state index contributed by atoms with van der Waals surface area (Å²) in [6, 6.07) is 6.32. The van der Waals surface area contributed by atoms with E-state index in [1.165, 1.54) is 44.9 Å². The third-order valence-corrected chi connectivity index (χ3v) is 12.1. The van der Waals surface area contributed by atoms with Gasteiger partial charge in [0.25, 0.3) is 0 Å². The summed E-state index contributed by atoms with van der Waals surface area (Å²) < 4.78 is 2.29. The van der Waals surface area contributed by atoms with Gasteiger partial charge in [-0.2, -0.15) is 4.57 Å². The van der Waals surface area contributed by atoms with Gasteiger partial charge in [0, 0.05) is 30.4 Å². The van der Waals surface area contributed by atoms with Gasteiger partial charge < -0.3 is 10.2 Å². The number of pyridine rings is 1. The maximum Gasteiger partial charge on any atom is 0.187 e. The van der Waals surface area contributed by atoms with Gasteiger partial charge in [-0.25, -0.2) is 0 Å². The van der Waals surface area contributed by atoms with E-state index in [1.54, 1.807) is 0 Å². The molecule has 1 aromatic heterocycles. The van der Waals surface area contributed by atoms with Gasteiger partial charge in [0.2, 0.25) is 0 Å². The van der Waals surface area contributed by atoms with Crippen molar-refractivity contribution in [1.82, 2.24) is 0 Å². The number of fused-ring (bicyclic) bond motifs is 5. The molecule has 1 heterocycles. The van der Waals surface area contributed by atoms with Gasteiger partial charge in [-0.3, -0.25) is 0 Å². The van der Waals surface area contributed by atoms with Gasteiger partial charge >= 0.3 is 0 Å². The highest BCUT2D eigenvalue weighted by Crippen LogP contribution is 2.70. The second-order valence-electron chi connectivity index (χ2n) is 14.2. The van der Waals surface area contributed by atoms with Gasteiger partial charge in [-0.1, -0.05) is 59.9 Å².